The van der Waals surface area contributed by atoms with Crippen LogP contribution in [0.25, 0.3) is 6.08 Å². The zero-order chi connectivity index (χ0) is 15.1. The summed E-state index contributed by atoms with van der Waals surface area (Å²) < 4.78 is 0. The lowest BCUT2D eigenvalue weighted by Crippen LogP contribution is -2.28. The number of carboxylic acid groups (broad SMARTS) is 1. The second kappa shape index (κ2) is 7.31. The normalized spacial score (nSPS) is 10.8. The first-order chi connectivity index (χ1) is 9.43. The molecule has 1 aromatic rings. The maximum atomic E-state index is 10.5. The zero-order valence-corrected chi connectivity index (χ0v) is 12.0. The minimum atomic E-state index is -1.00. The number of aliphatic carboxylic acids is 1. The Bertz CT molecular complexity index is 545. The molecule has 0 saturated carbocycles. The Hall–Kier alpha value is -2.32. The summed E-state index contributed by atoms with van der Waals surface area (Å²) in [5, 5.41) is 17.8. The zero-order valence-electron chi connectivity index (χ0n) is 12.0. The summed E-state index contributed by atoms with van der Waals surface area (Å²) in [5.74, 6) is -1.00. The van der Waals surface area contributed by atoms with E-state index in [4.69, 9.17) is 5.11 Å². The number of nitriles is 1. The molecule has 106 valence electrons. The largest absolute Gasteiger partial charge is 0.478 e. The lowest BCUT2D eigenvalue weighted by molar-refractivity contribution is -0.131. The van der Waals surface area contributed by atoms with Crippen molar-refractivity contribution in [3.63, 3.8) is 0 Å². The quantitative estimate of drug-likeness (QED) is 0.798. The van der Waals surface area contributed by atoms with Gasteiger partial charge < -0.3 is 14.9 Å². The number of nitrogens with zero attached hydrogens (tertiary/aromatic N) is 3. The molecule has 0 radical (unpaired) electrons. The molecule has 0 heterocycles. The van der Waals surface area contributed by atoms with Crippen LogP contribution in [0.4, 0.5) is 5.69 Å². The van der Waals surface area contributed by atoms with Gasteiger partial charge in [-0.25, -0.2) is 4.79 Å². The number of hydrogen-bond donors (Lipinski definition) is 1. The van der Waals surface area contributed by atoms with E-state index in [0.29, 0.717) is 11.1 Å². The predicted octanol–water partition coefficient (Wildman–Crippen LogP) is 1.65. The van der Waals surface area contributed by atoms with Gasteiger partial charge in [-0.2, -0.15) is 5.26 Å². The van der Waals surface area contributed by atoms with Gasteiger partial charge in [-0.3, -0.25) is 0 Å². The Morgan fingerprint density at radius 3 is 2.60 bits per heavy atom. The van der Waals surface area contributed by atoms with Crippen molar-refractivity contribution in [2.75, 3.05) is 39.1 Å². The fourth-order valence-electron chi connectivity index (χ4n) is 1.72. The fourth-order valence-corrected chi connectivity index (χ4v) is 1.72. The summed E-state index contributed by atoms with van der Waals surface area (Å²) in [5.41, 5.74) is 2.09. The van der Waals surface area contributed by atoms with Gasteiger partial charge in [0, 0.05) is 26.2 Å². The highest BCUT2D eigenvalue weighted by Crippen LogP contribution is 2.21. The van der Waals surface area contributed by atoms with Crippen molar-refractivity contribution in [1.29, 1.82) is 5.26 Å². The number of benzene rings is 1. The molecular weight excluding hydrogens is 254 g/mol. The lowest BCUT2D eigenvalue weighted by Gasteiger charge is -2.22. The molecule has 1 aromatic carbocycles. The van der Waals surface area contributed by atoms with Crippen molar-refractivity contribution in [1.82, 2.24) is 4.90 Å². The molecule has 0 aliphatic rings. The number of carboxylic acids is 1. The van der Waals surface area contributed by atoms with Crippen LogP contribution in [0.5, 0.6) is 0 Å². The van der Waals surface area contributed by atoms with Gasteiger partial charge in [-0.1, -0.05) is 6.07 Å². The summed E-state index contributed by atoms with van der Waals surface area (Å²) in [6.07, 6.45) is 2.54. The third kappa shape index (κ3) is 4.75. The van der Waals surface area contributed by atoms with Crippen molar-refractivity contribution < 1.29 is 9.90 Å². The van der Waals surface area contributed by atoms with E-state index in [9.17, 15) is 10.1 Å². The van der Waals surface area contributed by atoms with Crippen LogP contribution in [-0.2, 0) is 4.79 Å². The van der Waals surface area contributed by atoms with Crippen molar-refractivity contribution in [3.05, 3.63) is 35.4 Å². The number of rotatable bonds is 6. The van der Waals surface area contributed by atoms with E-state index < -0.39 is 5.97 Å². The van der Waals surface area contributed by atoms with Crippen molar-refractivity contribution in [2.45, 2.75) is 0 Å². The third-order valence-electron chi connectivity index (χ3n) is 2.85. The van der Waals surface area contributed by atoms with Crippen LogP contribution in [-0.4, -0.2) is 50.2 Å². The monoisotopic (exact) mass is 273 g/mol. The lowest BCUT2D eigenvalue weighted by atomic mass is 10.1. The smallest absolute Gasteiger partial charge is 0.328 e. The fraction of sp³-hybridized carbons (Fsp3) is 0.333. The van der Waals surface area contributed by atoms with E-state index in [2.05, 4.69) is 11.0 Å². The summed E-state index contributed by atoms with van der Waals surface area (Å²) in [6.45, 7) is 1.70. The highest BCUT2D eigenvalue weighted by Gasteiger charge is 2.08. The minimum absolute atomic E-state index is 0.541. The van der Waals surface area contributed by atoms with Gasteiger partial charge >= 0.3 is 5.97 Å². The third-order valence-corrected chi connectivity index (χ3v) is 2.85. The SMILES string of the molecule is CN(C)CCN(C)c1ccc(/C=C/C(=O)O)cc1C#N. The van der Waals surface area contributed by atoms with Gasteiger partial charge in [0.15, 0.2) is 0 Å². The van der Waals surface area contributed by atoms with Crippen LogP contribution in [0, 0.1) is 11.3 Å². The van der Waals surface area contributed by atoms with Gasteiger partial charge in [0.1, 0.15) is 6.07 Å². The second-order valence-electron chi connectivity index (χ2n) is 4.78. The van der Waals surface area contributed by atoms with E-state index >= 15 is 0 Å². The molecule has 0 aromatic heterocycles. The van der Waals surface area contributed by atoms with Gasteiger partial charge in [-0.15, -0.1) is 0 Å². The summed E-state index contributed by atoms with van der Waals surface area (Å²) in [6, 6.07) is 7.50. The van der Waals surface area contributed by atoms with Crippen LogP contribution in [0.2, 0.25) is 0 Å². The highest BCUT2D eigenvalue weighted by atomic mass is 16.4. The molecule has 0 spiro atoms. The number of carbonyl (C=O) groups is 1. The molecule has 0 bridgehead atoms. The Labute approximate surface area is 119 Å². The summed E-state index contributed by atoms with van der Waals surface area (Å²) >= 11 is 0. The van der Waals surface area contributed by atoms with Crippen molar-refractivity contribution in [2.24, 2.45) is 0 Å². The minimum Gasteiger partial charge on any atom is -0.478 e. The van der Waals surface area contributed by atoms with Gasteiger partial charge in [0.2, 0.25) is 0 Å². The molecule has 0 saturated heterocycles. The first-order valence-corrected chi connectivity index (χ1v) is 6.25. The molecule has 5 heteroatoms. The Morgan fingerprint density at radius 1 is 1.35 bits per heavy atom. The highest BCUT2D eigenvalue weighted by molar-refractivity contribution is 5.85. The molecule has 20 heavy (non-hydrogen) atoms. The maximum absolute atomic E-state index is 10.5. The molecule has 1 N–H and O–H groups in total. The van der Waals surface area contributed by atoms with Gasteiger partial charge in [-0.05, 0) is 37.9 Å². The first-order valence-electron chi connectivity index (χ1n) is 6.25. The number of hydrogen-bond acceptors (Lipinski definition) is 4. The van der Waals surface area contributed by atoms with Crippen LogP contribution in [0.3, 0.4) is 0 Å². The molecular formula is C15H19N3O2. The Morgan fingerprint density at radius 2 is 2.05 bits per heavy atom. The molecule has 5 nitrogen and oxygen atoms in total. The van der Waals surface area contributed by atoms with Crippen LogP contribution in [0.1, 0.15) is 11.1 Å². The molecule has 0 fully saturated rings. The molecule has 0 unspecified atom stereocenters. The average molecular weight is 273 g/mol. The van der Waals surface area contributed by atoms with E-state index in [0.717, 1.165) is 24.9 Å². The predicted molar refractivity (Wildman–Crippen MR) is 79.7 cm³/mol. The Balaban J connectivity index is 2.93. The summed E-state index contributed by atoms with van der Waals surface area (Å²) in [7, 11) is 5.93. The molecule has 1 rings (SSSR count). The number of likely N-dealkylation sites (N-methyl/N-ethyl adjacent to an activating group) is 2. The molecule has 0 amide bonds. The van der Waals surface area contributed by atoms with Crippen molar-refractivity contribution >= 4 is 17.7 Å². The van der Waals surface area contributed by atoms with Crippen LogP contribution >= 0.6 is 0 Å². The maximum Gasteiger partial charge on any atom is 0.328 e. The Kier molecular flexibility index (Phi) is 5.75. The van der Waals surface area contributed by atoms with Gasteiger partial charge in [0.05, 0.1) is 11.3 Å². The average Bonchev–Trinajstić information content (AvgIpc) is 2.42. The second-order valence-corrected chi connectivity index (χ2v) is 4.78. The van der Waals surface area contributed by atoms with Crippen molar-refractivity contribution in [3.8, 4) is 6.07 Å². The molecule has 0 aliphatic carbocycles. The van der Waals surface area contributed by atoms with Crippen LogP contribution in [0.15, 0.2) is 24.3 Å². The van der Waals surface area contributed by atoms with E-state index in [1.165, 1.54) is 6.08 Å². The molecule has 0 aliphatic heterocycles. The van der Waals surface area contributed by atoms with E-state index in [1.807, 2.05) is 38.2 Å². The standard InChI is InChI=1S/C15H19N3O2/c1-17(2)8-9-18(3)14-6-4-12(5-7-15(19)20)10-13(14)11-16/h4-7,10H,8-9H2,1-3H3,(H,19,20)/b7-5+. The van der Waals surface area contributed by atoms with Crippen LogP contribution < -0.4 is 4.90 Å². The van der Waals surface area contributed by atoms with Gasteiger partial charge in [0.25, 0.3) is 0 Å². The molecule has 0 atom stereocenters. The number of anilines is 1. The van der Waals surface area contributed by atoms with E-state index in [1.54, 1.807) is 6.07 Å². The topological polar surface area (TPSA) is 67.6 Å². The van der Waals surface area contributed by atoms with E-state index in [-0.39, 0.29) is 0 Å². The summed E-state index contributed by atoms with van der Waals surface area (Å²) in [4.78, 5) is 14.6. The first kappa shape index (κ1) is 15.7.